The maximum absolute atomic E-state index is 14.0. The summed E-state index contributed by atoms with van der Waals surface area (Å²) in [5.41, 5.74) is -5.01. The van der Waals surface area contributed by atoms with Gasteiger partial charge in [0, 0.05) is 23.9 Å². The molecular weight excluding hydrogens is 463 g/mol. The molecule has 0 saturated carbocycles. The van der Waals surface area contributed by atoms with Gasteiger partial charge in [0.2, 0.25) is 0 Å². The number of nitrogens with one attached hydrogen (secondary N) is 1. The zero-order chi connectivity index (χ0) is 24.9. The minimum absolute atomic E-state index is 0.148. The van der Waals surface area contributed by atoms with Crippen molar-refractivity contribution in [2.45, 2.75) is 25.9 Å². The highest BCUT2D eigenvalue weighted by Gasteiger charge is 2.60. The van der Waals surface area contributed by atoms with Crippen LogP contribution in [-0.4, -0.2) is 36.5 Å². The molecule has 0 radical (unpaired) electrons. The molecule has 3 rings (SSSR count). The molecule has 0 bridgehead atoms. The summed E-state index contributed by atoms with van der Waals surface area (Å²) in [6.45, 7) is 2.29. The molecule has 1 amide bonds. The van der Waals surface area contributed by atoms with E-state index in [4.69, 9.17) is 0 Å². The number of aryl methyl sites for hydroxylation is 1. The highest BCUT2D eigenvalue weighted by atomic mass is 19.4. The molecule has 0 aliphatic carbocycles. The van der Waals surface area contributed by atoms with Crippen molar-refractivity contribution in [3.8, 4) is 0 Å². The number of fused-ring (bicyclic) bond motifs is 1. The van der Waals surface area contributed by atoms with E-state index in [1.165, 1.54) is 0 Å². The van der Waals surface area contributed by atoms with E-state index in [1.807, 2.05) is 0 Å². The first-order chi connectivity index (χ1) is 15.1. The predicted octanol–water partition coefficient (Wildman–Crippen LogP) is 4.07. The number of carbonyl (C=O) groups excluding carboxylic acids is 1. The molecular formula is C17H11F5N6O5. The van der Waals surface area contributed by atoms with Crippen molar-refractivity contribution in [2.75, 3.05) is 5.32 Å². The molecule has 0 aliphatic heterocycles. The summed E-state index contributed by atoms with van der Waals surface area (Å²) in [5, 5.41) is 27.8. The SMILES string of the molecule is Cc1cc(C(F)(F)C(F)(F)F)n2nc(C(=O)Nc3cc([N+](=O)[O-])c(C)c([N+](=O)[O-])c3)cc2n1. The Kier molecular flexibility index (Phi) is 5.48. The number of anilines is 1. The fourth-order valence-electron chi connectivity index (χ4n) is 2.91. The second-order valence-electron chi connectivity index (χ2n) is 6.76. The molecule has 2 heterocycles. The number of benzene rings is 1. The van der Waals surface area contributed by atoms with E-state index in [9.17, 15) is 47.0 Å². The molecule has 0 aliphatic rings. The van der Waals surface area contributed by atoms with E-state index in [2.05, 4.69) is 15.4 Å². The molecule has 2 aromatic heterocycles. The number of hydrogen-bond acceptors (Lipinski definition) is 7. The average Bonchev–Trinajstić information content (AvgIpc) is 3.11. The topological polar surface area (TPSA) is 146 Å². The lowest BCUT2D eigenvalue weighted by molar-refractivity contribution is -0.395. The lowest BCUT2D eigenvalue weighted by Gasteiger charge is -2.20. The first-order valence-electron chi connectivity index (χ1n) is 8.70. The van der Waals surface area contributed by atoms with Crippen LogP contribution < -0.4 is 5.32 Å². The molecule has 0 saturated heterocycles. The van der Waals surface area contributed by atoms with Crippen LogP contribution in [0, 0.1) is 34.1 Å². The summed E-state index contributed by atoms with van der Waals surface area (Å²) in [7, 11) is 0. The van der Waals surface area contributed by atoms with Gasteiger partial charge in [0.05, 0.1) is 15.5 Å². The molecule has 11 nitrogen and oxygen atoms in total. The third-order valence-corrected chi connectivity index (χ3v) is 4.47. The molecule has 16 heteroatoms. The van der Waals surface area contributed by atoms with Crippen LogP contribution in [0.1, 0.15) is 27.4 Å². The number of rotatable bonds is 5. The monoisotopic (exact) mass is 474 g/mol. The lowest BCUT2D eigenvalue weighted by Crippen LogP contribution is -2.36. The minimum Gasteiger partial charge on any atom is -0.320 e. The van der Waals surface area contributed by atoms with Crippen LogP contribution in [0.15, 0.2) is 24.3 Å². The van der Waals surface area contributed by atoms with Crippen LogP contribution in [-0.2, 0) is 5.92 Å². The van der Waals surface area contributed by atoms with Gasteiger partial charge in [-0.1, -0.05) is 0 Å². The molecule has 0 atom stereocenters. The Labute approximate surface area is 179 Å². The van der Waals surface area contributed by atoms with Crippen molar-refractivity contribution >= 4 is 28.6 Å². The summed E-state index contributed by atoms with van der Waals surface area (Å²) in [6, 6.07) is 2.92. The van der Waals surface area contributed by atoms with Gasteiger partial charge in [-0.2, -0.15) is 27.1 Å². The second-order valence-corrected chi connectivity index (χ2v) is 6.76. The summed E-state index contributed by atoms with van der Waals surface area (Å²) in [6.07, 6.45) is -5.96. The van der Waals surface area contributed by atoms with Crippen LogP contribution in [0.25, 0.3) is 5.65 Å². The van der Waals surface area contributed by atoms with E-state index in [1.54, 1.807) is 0 Å². The Bertz CT molecular complexity index is 1280. The number of amides is 1. The lowest BCUT2D eigenvalue weighted by atomic mass is 10.1. The predicted molar refractivity (Wildman–Crippen MR) is 100 cm³/mol. The Balaban J connectivity index is 2.07. The van der Waals surface area contributed by atoms with Crippen molar-refractivity contribution in [1.29, 1.82) is 0 Å². The number of aromatic nitrogens is 3. The first-order valence-corrected chi connectivity index (χ1v) is 8.70. The molecule has 1 aromatic carbocycles. The maximum atomic E-state index is 14.0. The van der Waals surface area contributed by atoms with Crippen LogP contribution in [0.3, 0.4) is 0 Å². The van der Waals surface area contributed by atoms with Gasteiger partial charge in [0.1, 0.15) is 11.3 Å². The maximum Gasteiger partial charge on any atom is 0.459 e. The minimum atomic E-state index is -5.96. The van der Waals surface area contributed by atoms with Crippen LogP contribution in [0.5, 0.6) is 0 Å². The number of nitro benzene ring substituents is 2. The second kappa shape index (κ2) is 7.72. The normalized spacial score (nSPS) is 12.1. The Morgan fingerprint density at radius 1 is 1.00 bits per heavy atom. The van der Waals surface area contributed by atoms with Gasteiger partial charge in [-0.05, 0) is 19.9 Å². The highest BCUT2D eigenvalue weighted by Crippen LogP contribution is 2.43. The number of hydrogen-bond donors (Lipinski definition) is 1. The third-order valence-electron chi connectivity index (χ3n) is 4.47. The fourth-order valence-corrected chi connectivity index (χ4v) is 2.91. The molecule has 0 unspecified atom stereocenters. The standard InChI is InChI=1S/C17H11F5N6O5/c1-7-3-13(16(18,19)17(20,21)22)26-14(23-7)6-10(25-26)15(29)24-9-4-11(27(30)31)8(2)12(5-9)28(32)33/h3-6H,1-2H3,(H,24,29). The zero-order valence-electron chi connectivity index (χ0n) is 16.5. The van der Waals surface area contributed by atoms with Crippen molar-refractivity contribution in [1.82, 2.24) is 14.6 Å². The zero-order valence-corrected chi connectivity index (χ0v) is 16.5. The van der Waals surface area contributed by atoms with Crippen LogP contribution in [0.4, 0.5) is 39.0 Å². The average molecular weight is 474 g/mol. The fraction of sp³-hybridized carbons (Fsp3) is 0.235. The van der Waals surface area contributed by atoms with Crippen LogP contribution in [0.2, 0.25) is 0 Å². The van der Waals surface area contributed by atoms with Crippen LogP contribution >= 0.6 is 0 Å². The van der Waals surface area contributed by atoms with Gasteiger partial charge >= 0.3 is 12.1 Å². The molecule has 0 fully saturated rings. The number of nitrogens with zero attached hydrogens (tertiary/aromatic N) is 5. The number of halogens is 5. The van der Waals surface area contributed by atoms with Gasteiger partial charge in [-0.25, -0.2) is 9.50 Å². The van der Waals surface area contributed by atoms with Gasteiger partial charge < -0.3 is 5.32 Å². The summed E-state index contributed by atoms with van der Waals surface area (Å²) in [5.74, 6) is -6.51. The third kappa shape index (κ3) is 4.13. The Morgan fingerprint density at radius 2 is 1.55 bits per heavy atom. The Morgan fingerprint density at radius 3 is 2.03 bits per heavy atom. The summed E-state index contributed by atoms with van der Waals surface area (Å²) < 4.78 is 66.7. The molecule has 3 aromatic rings. The smallest absolute Gasteiger partial charge is 0.320 e. The van der Waals surface area contributed by atoms with Gasteiger partial charge in [0.25, 0.3) is 17.3 Å². The molecule has 33 heavy (non-hydrogen) atoms. The van der Waals surface area contributed by atoms with Gasteiger partial charge in [-0.3, -0.25) is 25.0 Å². The molecule has 0 spiro atoms. The van der Waals surface area contributed by atoms with Crippen molar-refractivity contribution < 1.29 is 36.6 Å². The Hall–Kier alpha value is -4.24. The van der Waals surface area contributed by atoms with Crippen molar-refractivity contribution in [3.63, 3.8) is 0 Å². The quantitative estimate of drug-likeness (QED) is 0.333. The van der Waals surface area contributed by atoms with Crippen molar-refractivity contribution in [3.05, 3.63) is 67.1 Å². The van der Waals surface area contributed by atoms with E-state index < -0.39 is 61.9 Å². The van der Waals surface area contributed by atoms with Gasteiger partial charge in [0.15, 0.2) is 11.3 Å². The van der Waals surface area contributed by atoms with E-state index in [-0.39, 0.29) is 15.8 Å². The summed E-state index contributed by atoms with van der Waals surface area (Å²) in [4.78, 5) is 36.7. The van der Waals surface area contributed by atoms with E-state index in [0.717, 1.165) is 32.0 Å². The molecule has 1 N–H and O–H groups in total. The molecule has 174 valence electrons. The number of alkyl halides is 5. The largest absolute Gasteiger partial charge is 0.459 e. The highest BCUT2D eigenvalue weighted by molar-refractivity contribution is 6.04. The number of nitro groups is 2. The van der Waals surface area contributed by atoms with Crippen molar-refractivity contribution in [2.24, 2.45) is 0 Å². The first kappa shape index (κ1) is 23.4. The summed E-state index contributed by atoms with van der Waals surface area (Å²) >= 11 is 0. The number of carbonyl (C=O) groups is 1. The van der Waals surface area contributed by atoms with Gasteiger partial charge in [-0.15, -0.1) is 0 Å². The van der Waals surface area contributed by atoms with E-state index in [0.29, 0.717) is 6.07 Å². The van der Waals surface area contributed by atoms with E-state index >= 15 is 0 Å².